The van der Waals surface area contributed by atoms with Crippen molar-refractivity contribution in [1.29, 1.82) is 0 Å². The van der Waals surface area contributed by atoms with Crippen LogP contribution in [0.2, 0.25) is 10.0 Å². The van der Waals surface area contributed by atoms with Crippen LogP contribution in [-0.4, -0.2) is 50.2 Å². The standard InChI is InChI=1S/C27H26Cl2N2O3/c28-22-11-10-19(18-23(22)29)31-15-13-30(14-16-31)12-5-17-33-27(32)26-20-6-1-3-8-24(20)34-25-9-4-2-7-21(25)26/h1-4,6-11,18,26H,5,12-17H2. The Balaban J connectivity index is 1.12. The first-order valence-electron chi connectivity index (χ1n) is 11.5. The number of esters is 1. The zero-order valence-corrected chi connectivity index (χ0v) is 20.3. The van der Waals surface area contributed by atoms with Crippen LogP contribution in [0.25, 0.3) is 0 Å². The van der Waals surface area contributed by atoms with Gasteiger partial charge in [-0.3, -0.25) is 9.69 Å². The van der Waals surface area contributed by atoms with E-state index in [0.717, 1.165) is 56.0 Å². The highest BCUT2D eigenvalue weighted by Crippen LogP contribution is 2.44. The molecule has 7 heteroatoms. The Hall–Kier alpha value is -2.73. The number of para-hydroxylation sites is 2. The quantitative estimate of drug-likeness (QED) is 0.309. The Morgan fingerprint density at radius 3 is 2.18 bits per heavy atom. The molecule has 2 aliphatic rings. The first-order valence-corrected chi connectivity index (χ1v) is 12.3. The van der Waals surface area contributed by atoms with Gasteiger partial charge in [-0.2, -0.15) is 0 Å². The number of carbonyl (C=O) groups excluding carboxylic acids is 1. The maximum atomic E-state index is 13.1. The Morgan fingerprint density at radius 1 is 0.882 bits per heavy atom. The lowest BCUT2D eigenvalue weighted by Gasteiger charge is -2.36. The third kappa shape index (κ3) is 4.88. The van der Waals surface area contributed by atoms with Crippen LogP contribution in [0.1, 0.15) is 23.5 Å². The number of halogens is 2. The fourth-order valence-corrected chi connectivity index (χ4v) is 4.91. The molecular formula is C27H26Cl2N2O3. The minimum Gasteiger partial charge on any atom is -0.465 e. The van der Waals surface area contributed by atoms with E-state index in [-0.39, 0.29) is 5.97 Å². The van der Waals surface area contributed by atoms with Crippen molar-refractivity contribution < 1.29 is 14.3 Å². The van der Waals surface area contributed by atoms with Gasteiger partial charge in [-0.25, -0.2) is 0 Å². The van der Waals surface area contributed by atoms with E-state index in [1.54, 1.807) is 0 Å². The summed E-state index contributed by atoms with van der Waals surface area (Å²) in [6.45, 7) is 5.04. The molecule has 0 N–H and O–H groups in total. The fourth-order valence-electron chi connectivity index (χ4n) is 4.62. The second-order valence-corrected chi connectivity index (χ2v) is 9.37. The van der Waals surface area contributed by atoms with Gasteiger partial charge in [0.2, 0.25) is 0 Å². The van der Waals surface area contributed by atoms with E-state index < -0.39 is 5.92 Å². The molecular weight excluding hydrogens is 471 g/mol. The smallest absolute Gasteiger partial charge is 0.318 e. The van der Waals surface area contributed by atoms with Crippen molar-refractivity contribution in [3.63, 3.8) is 0 Å². The SMILES string of the molecule is O=C(OCCCN1CCN(c2ccc(Cl)c(Cl)c2)CC1)C1c2ccccc2Oc2ccccc21. The summed E-state index contributed by atoms with van der Waals surface area (Å²) in [5.74, 6) is 0.731. The van der Waals surface area contributed by atoms with E-state index in [2.05, 4.69) is 9.80 Å². The molecule has 0 radical (unpaired) electrons. The third-order valence-corrected chi connectivity index (χ3v) is 7.16. The van der Waals surface area contributed by atoms with Crippen LogP contribution >= 0.6 is 23.2 Å². The predicted molar refractivity (Wildman–Crippen MR) is 135 cm³/mol. The van der Waals surface area contributed by atoms with Gasteiger partial charge < -0.3 is 14.4 Å². The van der Waals surface area contributed by atoms with E-state index in [0.29, 0.717) is 28.2 Å². The van der Waals surface area contributed by atoms with Gasteiger partial charge in [-0.1, -0.05) is 59.6 Å². The van der Waals surface area contributed by atoms with Crippen molar-refractivity contribution >= 4 is 34.9 Å². The van der Waals surface area contributed by atoms with Crippen LogP contribution in [0.4, 0.5) is 5.69 Å². The van der Waals surface area contributed by atoms with Crippen molar-refractivity contribution in [1.82, 2.24) is 4.90 Å². The van der Waals surface area contributed by atoms with E-state index >= 15 is 0 Å². The normalized spacial score (nSPS) is 15.9. The summed E-state index contributed by atoms with van der Waals surface area (Å²) in [7, 11) is 0. The summed E-state index contributed by atoms with van der Waals surface area (Å²) in [4.78, 5) is 17.8. The van der Waals surface area contributed by atoms with Crippen molar-refractivity contribution in [2.75, 3.05) is 44.2 Å². The van der Waals surface area contributed by atoms with Crippen LogP contribution in [0.3, 0.4) is 0 Å². The summed E-state index contributed by atoms with van der Waals surface area (Å²) in [6.07, 6.45) is 0.797. The highest BCUT2D eigenvalue weighted by atomic mass is 35.5. The first-order chi connectivity index (χ1) is 16.6. The third-order valence-electron chi connectivity index (χ3n) is 6.42. The molecule has 5 rings (SSSR count). The Morgan fingerprint density at radius 2 is 1.53 bits per heavy atom. The van der Waals surface area contributed by atoms with Crippen molar-refractivity contribution in [3.8, 4) is 11.5 Å². The average Bonchev–Trinajstić information content (AvgIpc) is 2.87. The largest absolute Gasteiger partial charge is 0.465 e. The second-order valence-electron chi connectivity index (χ2n) is 8.56. The lowest BCUT2D eigenvalue weighted by molar-refractivity contribution is -0.144. The van der Waals surface area contributed by atoms with Gasteiger partial charge in [0.05, 0.1) is 16.7 Å². The number of rotatable bonds is 6. The number of fused-ring (bicyclic) bond motifs is 2. The zero-order valence-electron chi connectivity index (χ0n) is 18.8. The molecule has 2 aliphatic heterocycles. The topological polar surface area (TPSA) is 42.0 Å². The monoisotopic (exact) mass is 496 g/mol. The molecule has 2 heterocycles. The molecule has 3 aromatic rings. The van der Waals surface area contributed by atoms with Gasteiger partial charge in [0.1, 0.15) is 17.4 Å². The first kappa shape index (κ1) is 23.0. The number of carbonyl (C=O) groups is 1. The van der Waals surface area contributed by atoms with Crippen LogP contribution in [0.15, 0.2) is 66.7 Å². The molecule has 34 heavy (non-hydrogen) atoms. The fraction of sp³-hybridized carbons (Fsp3) is 0.296. The summed E-state index contributed by atoms with van der Waals surface area (Å²) in [5, 5.41) is 1.16. The number of nitrogens with zero attached hydrogens (tertiary/aromatic N) is 2. The number of ether oxygens (including phenoxy) is 2. The molecule has 3 aromatic carbocycles. The van der Waals surface area contributed by atoms with E-state index in [4.69, 9.17) is 32.7 Å². The highest BCUT2D eigenvalue weighted by Gasteiger charge is 2.33. The van der Waals surface area contributed by atoms with Gasteiger partial charge in [0.15, 0.2) is 0 Å². The second kappa shape index (κ2) is 10.3. The molecule has 0 amide bonds. The minimum absolute atomic E-state index is 0.229. The average molecular weight is 497 g/mol. The molecule has 5 nitrogen and oxygen atoms in total. The van der Waals surface area contributed by atoms with E-state index in [1.807, 2.05) is 66.7 Å². The molecule has 0 saturated carbocycles. The molecule has 1 fully saturated rings. The molecule has 0 unspecified atom stereocenters. The Bertz CT molecular complexity index is 1130. The van der Waals surface area contributed by atoms with Crippen LogP contribution in [0, 0.1) is 0 Å². The molecule has 0 spiro atoms. The lowest BCUT2D eigenvalue weighted by Crippen LogP contribution is -2.46. The summed E-state index contributed by atoms with van der Waals surface area (Å²) >= 11 is 12.2. The zero-order chi connectivity index (χ0) is 23.5. The van der Waals surface area contributed by atoms with Crippen LogP contribution in [-0.2, 0) is 9.53 Å². The number of benzene rings is 3. The Kier molecular flexibility index (Phi) is 6.95. The van der Waals surface area contributed by atoms with Crippen LogP contribution in [0.5, 0.6) is 11.5 Å². The molecule has 0 bridgehead atoms. The van der Waals surface area contributed by atoms with Crippen molar-refractivity contribution in [2.45, 2.75) is 12.3 Å². The molecule has 0 aromatic heterocycles. The molecule has 0 aliphatic carbocycles. The molecule has 1 saturated heterocycles. The van der Waals surface area contributed by atoms with Crippen molar-refractivity contribution in [3.05, 3.63) is 87.9 Å². The summed E-state index contributed by atoms with van der Waals surface area (Å²) in [5.41, 5.74) is 2.80. The highest BCUT2D eigenvalue weighted by molar-refractivity contribution is 6.42. The minimum atomic E-state index is -0.462. The molecule has 176 valence electrons. The van der Waals surface area contributed by atoms with Gasteiger partial charge in [0.25, 0.3) is 0 Å². The van der Waals surface area contributed by atoms with Gasteiger partial charge >= 0.3 is 5.97 Å². The number of anilines is 1. The van der Waals surface area contributed by atoms with Gasteiger partial charge in [0, 0.05) is 49.5 Å². The predicted octanol–water partition coefficient (Wildman–Crippen LogP) is 5.99. The van der Waals surface area contributed by atoms with Crippen molar-refractivity contribution in [2.24, 2.45) is 0 Å². The number of hydrogen-bond donors (Lipinski definition) is 0. The maximum Gasteiger partial charge on any atom is 0.318 e. The maximum absolute atomic E-state index is 13.1. The van der Waals surface area contributed by atoms with Gasteiger partial charge in [-0.15, -0.1) is 0 Å². The van der Waals surface area contributed by atoms with Crippen LogP contribution < -0.4 is 9.64 Å². The Labute approximate surface area is 209 Å². The molecule has 0 atom stereocenters. The number of hydrogen-bond acceptors (Lipinski definition) is 5. The lowest BCUT2D eigenvalue weighted by atomic mass is 9.88. The van der Waals surface area contributed by atoms with E-state index in [1.165, 1.54) is 0 Å². The van der Waals surface area contributed by atoms with Gasteiger partial charge in [-0.05, 0) is 36.8 Å². The summed E-state index contributed by atoms with van der Waals surface area (Å²) in [6, 6.07) is 21.1. The summed E-state index contributed by atoms with van der Waals surface area (Å²) < 4.78 is 11.7. The number of piperazine rings is 1. The van der Waals surface area contributed by atoms with E-state index in [9.17, 15) is 4.79 Å².